The van der Waals surface area contributed by atoms with Crippen LogP contribution in [0.2, 0.25) is 0 Å². The van der Waals surface area contributed by atoms with E-state index in [2.05, 4.69) is 15.2 Å². The lowest BCUT2D eigenvalue weighted by atomic mass is 10.2. The van der Waals surface area contributed by atoms with Crippen molar-refractivity contribution < 1.29 is 0 Å². The van der Waals surface area contributed by atoms with Gasteiger partial charge >= 0.3 is 0 Å². The Hall–Kier alpha value is -3.06. The van der Waals surface area contributed by atoms with Crippen molar-refractivity contribution in [2.45, 2.75) is 6.92 Å². The summed E-state index contributed by atoms with van der Waals surface area (Å²) in [7, 11) is 0. The molecule has 0 saturated heterocycles. The van der Waals surface area contributed by atoms with Crippen molar-refractivity contribution in [1.82, 2.24) is 29.2 Å². The first-order valence-corrected chi connectivity index (χ1v) is 8.34. The summed E-state index contributed by atoms with van der Waals surface area (Å²) in [5.74, 6) is 0.708. The standard InChI is InChI=1S/C17H12N6S/c1-11-14(22-10-6-5-9-13(22)18-11)15-19-20-17-23(15)21-16(24-17)12-7-3-2-4-8-12/h2-10H,1H3. The van der Waals surface area contributed by atoms with Crippen LogP contribution in [0.3, 0.4) is 0 Å². The number of pyridine rings is 1. The average molecular weight is 332 g/mol. The van der Waals surface area contributed by atoms with Gasteiger partial charge in [0.25, 0.3) is 0 Å². The van der Waals surface area contributed by atoms with Crippen LogP contribution in [0.25, 0.3) is 32.7 Å². The first-order valence-electron chi connectivity index (χ1n) is 7.53. The molecule has 0 spiro atoms. The van der Waals surface area contributed by atoms with Crippen LogP contribution in [0, 0.1) is 6.92 Å². The quantitative estimate of drug-likeness (QED) is 0.496. The van der Waals surface area contributed by atoms with Crippen LogP contribution >= 0.6 is 11.3 Å². The topological polar surface area (TPSA) is 60.4 Å². The minimum atomic E-state index is 0.708. The first-order chi connectivity index (χ1) is 11.8. The fourth-order valence-electron chi connectivity index (χ4n) is 2.84. The molecule has 116 valence electrons. The Kier molecular flexibility index (Phi) is 2.77. The van der Waals surface area contributed by atoms with Gasteiger partial charge in [-0.15, -0.1) is 10.2 Å². The van der Waals surface area contributed by atoms with Gasteiger partial charge in [-0.1, -0.05) is 47.7 Å². The summed E-state index contributed by atoms with van der Waals surface area (Å²) < 4.78 is 3.82. The summed E-state index contributed by atoms with van der Waals surface area (Å²) in [6, 6.07) is 16.0. The number of imidazole rings is 1. The summed E-state index contributed by atoms with van der Waals surface area (Å²) in [4.78, 5) is 5.37. The van der Waals surface area contributed by atoms with Crippen molar-refractivity contribution >= 4 is 21.9 Å². The van der Waals surface area contributed by atoms with Gasteiger partial charge in [-0.25, -0.2) is 4.98 Å². The van der Waals surface area contributed by atoms with E-state index < -0.39 is 0 Å². The maximum atomic E-state index is 4.72. The van der Waals surface area contributed by atoms with Crippen molar-refractivity contribution in [2.24, 2.45) is 0 Å². The molecule has 0 radical (unpaired) electrons. The minimum Gasteiger partial charge on any atom is -0.297 e. The highest BCUT2D eigenvalue weighted by Crippen LogP contribution is 2.29. The van der Waals surface area contributed by atoms with E-state index in [-0.39, 0.29) is 0 Å². The molecule has 0 aliphatic heterocycles. The molecule has 5 aromatic rings. The van der Waals surface area contributed by atoms with Gasteiger partial charge in [0, 0.05) is 11.8 Å². The number of hydrogen-bond acceptors (Lipinski definition) is 5. The van der Waals surface area contributed by atoms with Crippen molar-refractivity contribution in [2.75, 3.05) is 0 Å². The molecule has 0 bridgehead atoms. The molecule has 0 fully saturated rings. The van der Waals surface area contributed by atoms with E-state index in [0.717, 1.165) is 32.6 Å². The fraction of sp³-hybridized carbons (Fsp3) is 0.0588. The van der Waals surface area contributed by atoms with Gasteiger partial charge in [-0.3, -0.25) is 4.40 Å². The highest BCUT2D eigenvalue weighted by molar-refractivity contribution is 7.19. The van der Waals surface area contributed by atoms with E-state index in [1.165, 1.54) is 11.3 Å². The Labute approximate surface area is 141 Å². The monoisotopic (exact) mass is 332 g/mol. The molecule has 6 nitrogen and oxygen atoms in total. The molecule has 5 rings (SSSR count). The van der Waals surface area contributed by atoms with Crippen LogP contribution in [-0.2, 0) is 0 Å². The molecule has 1 aromatic carbocycles. The number of rotatable bonds is 2. The van der Waals surface area contributed by atoms with E-state index >= 15 is 0 Å². The molecule has 0 amide bonds. The number of aryl methyl sites for hydroxylation is 1. The normalized spacial score (nSPS) is 11.5. The Bertz CT molecular complexity index is 1170. The third-order valence-corrected chi connectivity index (χ3v) is 4.88. The molecule has 0 atom stereocenters. The fourth-order valence-corrected chi connectivity index (χ4v) is 3.69. The van der Waals surface area contributed by atoms with Gasteiger partial charge in [-0.2, -0.15) is 9.61 Å². The zero-order valence-corrected chi connectivity index (χ0v) is 13.6. The Balaban J connectivity index is 1.75. The van der Waals surface area contributed by atoms with Gasteiger partial charge in [0.05, 0.1) is 5.69 Å². The van der Waals surface area contributed by atoms with E-state index in [1.54, 1.807) is 4.52 Å². The van der Waals surface area contributed by atoms with Crippen molar-refractivity contribution in [3.05, 3.63) is 60.4 Å². The highest BCUT2D eigenvalue weighted by Gasteiger charge is 2.19. The van der Waals surface area contributed by atoms with Crippen LogP contribution in [-0.4, -0.2) is 29.2 Å². The predicted octanol–water partition coefficient (Wildman–Crippen LogP) is 3.48. The SMILES string of the molecule is Cc1nc2ccccn2c1-c1nnc2sc(-c3ccccc3)nn12. The summed E-state index contributed by atoms with van der Waals surface area (Å²) in [6.45, 7) is 1.98. The molecule has 7 heteroatoms. The van der Waals surface area contributed by atoms with Crippen LogP contribution < -0.4 is 0 Å². The number of fused-ring (bicyclic) bond motifs is 2. The van der Waals surface area contributed by atoms with Crippen molar-refractivity contribution in [3.63, 3.8) is 0 Å². The van der Waals surface area contributed by atoms with Gasteiger partial charge in [0.2, 0.25) is 10.8 Å². The average Bonchev–Trinajstić information content (AvgIpc) is 3.27. The lowest BCUT2D eigenvalue weighted by Gasteiger charge is -1.99. The molecular weight excluding hydrogens is 320 g/mol. The second-order valence-corrected chi connectivity index (χ2v) is 6.42. The second kappa shape index (κ2) is 4.97. The number of benzene rings is 1. The largest absolute Gasteiger partial charge is 0.297 e. The summed E-state index contributed by atoms with van der Waals surface area (Å²) >= 11 is 1.53. The van der Waals surface area contributed by atoms with Gasteiger partial charge in [0.1, 0.15) is 16.3 Å². The summed E-state index contributed by atoms with van der Waals surface area (Å²) in [6.07, 6.45) is 1.98. The van der Waals surface area contributed by atoms with Crippen LogP contribution in [0.5, 0.6) is 0 Å². The lowest BCUT2D eigenvalue weighted by Crippen LogP contribution is -1.96. The maximum absolute atomic E-state index is 4.72. The molecule has 0 saturated carbocycles. The highest BCUT2D eigenvalue weighted by atomic mass is 32.1. The van der Waals surface area contributed by atoms with E-state index in [9.17, 15) is 0 Å². The molecular formula is C17H12N6S. The third kappa shape index (κ3) is 1.88. The predicted molar refractivity (Wildman–Crippen MR) is 93.0 cm³/mol. The molecule has 24 heavy (non-hydrogen) atoms. The number of aromatic nitrogens is 6. The zero-order valence-electron chi connectivity index (χ0n) is 12.8. The van der Waals surface area contributed by atoms with Crippen molar-refractivity contribution in [1.29, 1.82) is 0 Å². The smallest absolute Gasteiger partial charge is 0.235 e. The molecule has 4 heterocycles. The van der Waals surface area contributed by atoms with Crippen LogP contribution in [0.1, 0.15) is 5.69 Å². The Morgan fingerprint density at radius 1 is 0.958 bits per heavy atom. The molecule has 0 unspecified atom stereocenters. The molecule has 0 N–H and O–H groups in total. The zero-order chi connectivity index (χ0) is 16.1. The van der Waals surface area contributed by atoms with E-state index in [0.29, 0.717) is 5.82 Å². The van der Waals surface area contributed by atoms with Gasteiger partial charge in [0.15, 0.2) is 0 Å². The summed E-state index contributed by atoms with van der Waals surface area (Å²) in [5.41, 5.74) is 3.79. The molecule has 4 aromatic heterocycles. The molecule has 0 aliphatic carbocycles. The summed E-state index contributed by atoms with van der Waals surface area (Å²) in [5, 5.41) is 14.3. The first kappa shape index (κ1) is 13.4. The second-order valence-electron chi connectivity index (χ2n) is 5.47. The van der Waals surface area contributed by atoms with Gasteiger partial charge < -0.3 is 0 Å². The lowest BCUT2D eigenvalue weighted by molar-refractivity contribution is 0.954. The maximum Gasteiger partial charge on any atom is 0.235 e. The van der Waals surface area contributed by atoms with E-state index in [4.69, 9.17) is 5.10 Å². The number of nitrogens with zero attached hydrogens (tertiary/aromatic N) is 6. The third-order valence-electron chi connectivity index (χ3n) is 3.93. The van der Waals surface area contributed by atoms with E-state index in [1.807, 2.05) is 66.1 Å². The van der Waals surface area contributed by atoms with Crippen LogP contribution in [0.4, 0.5) is 0 Å². The molecule has 0 aliphatic rings. The van der Waals surface area contributed by atoms with Gasteiger partial charge in [-0.05, 0) is 19.1 Å². The number of hydrogen-bond donors (Lipinski definition) is 0. The van der Waals surface area contributed by atoms with Crippen molar-refractivity contribution in [3.8, 4) is 22.1 Å². The van der Waals surface area contributed by atoms with Crippen LogP contribution in [0.15, 0.2) is 54.7 Å². The Morgan fingerprint density at radius 2 is 1.79 bits per heavy atom. The minimum absolute atomic E-state index is 0.708. The Morgan fingerprint density at radius 3 is 2.67 bits per heavy atom.